The number of carbonyl (C=O) groups is 1. The van der Waals surface area contributed by atoms with E-state index in [4.69, 9.17) is 15.2 Å². The molecule has 1 aliphatic rings. The van der Waals surface area contributed by atoms with Crippen molar-refractivity contribution in [3.8, 4) is 5.75 Å². The zero-order chi connectivity index (χ0) is 17.0. The third-order valence-electron chi connectivity index (χ3n) is 3.96. The van der Waals surface area contributed by atoms with Crippen LogP contribution >= 0.6 is 0 Å². The lowest BCUT2D eigenvalue weighted by molar-refractivity contribution is 0.0286. The summed E-state index contributed by atoms with van der Waals surface area (Å²) in [5, 5.41) is 0. The Morgan fingerprint density at radius 3 is 2.74 bits per heavy atom. The summed E-state index contributed by atoms with van der Waals surface area (Å²) >= 11 is 0. The first-order valence-electron chi connectivity index (χ1n) is 8.27. The van der Waals surface area contributed by atoms with E-state index in [9.17, 15) is 4.79 Å². The molecule has 0 radical (unpaired) electrons. The van der Waals surface area contributed by atoms with Gasteiger partial charge in [0.15, 0.2) is 0 Å². The van der Waals surface area contributed by atoms with Gasteiger partial charge < -0.3 is 20.1 Å². The number of rotatable bonds is 4. The van der Waals surface area contributed by atoms with E-state index in [1.807, 2.05) is 52.0 Å². The van der Waals surface area contributed by atoms with Crippen LogP contribution in [-0.2, 0) is 4.74 Å². The van der Waals surface area contributed by atoms with Crippen molar-refractivity contribution in [2.45, 2.75) is 45.8 Å². The van der Waals surface area contributed by atoms with Crippen molar-refractivity contribution in [1.82, 2.24) is 4.90 Å². The van der Waals surface area contributed by atoms with E-state index in [2.05, 4.69) is 0 Å². The molecule has 5 nitrogen and oxygen atoms in total. The molecule has 23 heavy (non-hydrogen) atoms. The van der Waals surface area contributed by atoms with Crippen LogP contribution in [0.25, 0.3) is 0 Å². The highest BCUT2D eigenvalue weighted by Gasteiger charge is 2.34. The standard InChI is InChI=1S/C18H28N2O3/c1-5-22-15-9-7-6-8-14(15)16(19)13-10-11-20(12-13)17(21)23-18(2,3)4/h6-9,13,16H,5,10-12,19H2,1-4H3. The number of benzene rings is 1. The number of hydrogen-bond donors (Lipinski definition) is 1. The smallest absolute Gasteiger partial charge is 0.410 e. The monoisotopic (exact) mass is 320 g/mol. The lowest BCUT2D eigenvalue weighted by Crippen LogP contribution is -2.36. The first kappa shape index (κ1) is 17.6. The van der Waals surface area contributed by atoms with Crippen molar-refractivity contribution in [3.63, 3.8) is 0 Å². The predicted molar refractivity (Wildman–Crippen MR) is 90.5 cm³/mol. The van der Waals surface area contributed by atoms with Crippen molar-refractivity contribution < 1.29 is 14.3 Å². The van der Waals surface area contributed by atoms with Crippen LogP contribution in [0.4, 0.5) is 4.79 Å². The molecule has 5 heteroatoms. The van der Waals surface area contributed by atoms with Crippen LogP contribution in [0, 0.1) is 5.92 Å². The maximum atomic E-state index is 12.2. The zero-order valence-electron chi connectivity index (χ0n) is 14.5. The van der Waals surface area contributed by atoms with Crippen molar-refractivity contribution in [1.29, 1.82) is 0 Å². The first-order chi connectivity index (χ1) is 10.8. The van der Waals surface area contributed by atoms with Gasteiger partial charge in [0.2, 0.25) is 0 Å². The molecule has 1 fully saturated rings. The number of amides is 1. The fourth-order valence-corrected chi connectivity index (χ4v) is 2.87. The average molecular weight is 320 g/mol. The van der Waals surface area contributed by atoms with Gasteiger partial charge in [0.05, 0.1) is 6.61 Å². The molecule has 2 rings (SSSR count). The van der Waals surface area contributed by atoms with Gasteiger partial charge in [0, 0.05) is 24.7 Å². The molecule has 0 aliphatic carbocycles. The Balaban J connectivity index is 2.03. The Hall–Kier alpha value is -1.75. The number of carbonyl (C=O) groups excluding carboxylic acids is 1. The number of hydrogen-bond acceptors (Lipinski definition) is 4. The second kappa shape index (κ2) is 7.21. The fraction of sp³-hybridized carbons (Fsp3) is 0.611. The summed E-state index contributed by atoms with van der Waals surface area (Å²) in [5.41, 5.74) is 6.99. The maximum Gasteiger partial charge on any atom is 0.410 e. The molecule has 2 N–H and O–H groups in total. The van der Waals surface area contributed by atoms with Crippen LogP contribution in [0.1, 0.15) is 45.7 Å². The molecule has 1 heterocycles. The summed E-state index contributed by atoms with van der Waals surface area (Å²) in [7, 11) is 0. The van der Waals surface area contributed by atoms with E-state index in [0.717, 1.165) is 17.7 Å². The van der Waals surface area contributed by atoms with E-state index < -0.39 is 5.60 Å². The molecule has 128 valence electrons. The number of para-hydroxylation sites is 1. The molecule has 1 aromatic carbocycles. The SMILES string of the molecule is CCOc1ccccc1C(N)C1CCN(C(=O)OC(C)(C)C)C1. The van der Waals surface area contributed by atoms with Crippen LogP contribution in [0.15, 0.2) is 24.3 Å². The quantitative estimate of drug-likeness (QED) is 0.924. The van der Waals surface area contributed by atoms with Gasteiger partial charge in [-0.1, -0.05) is 18.2 Å². The predicted octanol–water partition coefficient (Wildman–Crippen LogP) is 3.34. The molecule has 0 bridgehead atoms. The van der Waals surface area contributed by atoms with Crippen LogP contribution in [0.3, 0.4) is 0 Å². The molecular weight excluding hydrogens is 292 g/mol. The second-order valence-corrected chi connectivity index (χ2v) is 6.97. The van der Waals surface area contributed by atoms with Crippen molar-refractivity contribution in [2.75, 3.05) is 19.7 Å². The minimum absolute atomic E-state index is 0.148. The zero-order valence-corrected chi connectivity index (χ0v) is 14.5. The Bertz CT molecular complexity index is 539. The van der Waals surface area contributed by atoms with Crippen molar-refractivity contribution in [3.05, 3.63) is 29.8 Å². The molecule has 1 aliphatic heterocycles. The van der Waals surface area contributed by atoms with E-state index >= 15 is 0 Å². The highest BCUT2D eigenvalue weighted by atomic mass is 16.6. The molecule has 1 amide bonds. The summed E-state index contributed by atoms with van der Waals surface area (Å²) in [6.07, 6.45) is 0.617. The van der Waals surface area contributed by atoms with E-state index in [-0.39, 0.29) is 18.1 Å². The molecule has 2 atom stereocenters. The van der Waals surface area contributed by atoms with Crippen LogP contribution < -0.4 is 10.5 Å². The Labute approximate surface area is 138 Å². The Kier molecular flexibility index (Phi) is 5.52. The number of nitrogens with zero attached hydrogens (tertiary/aromatic N) is 1. The van der Waals surface area contributed by atoms with Gasteiger partial charge in [-0.15, -0.1) is 0 Å². The lowest BCUT2D eigenvalue weighted by Gasteiger charge is -2.25. The first-order valence-corrected chi connectivity index (χ1v) is 8.27. The van der Waals surface area contributed by atoms with Gasteiger partial charge >= 0.3 is 6.09 Å². The minimum atomic E-state index is -0.473. The van der Waals surface area contributed by atoms with Gasteiger partial charge in [0.25, 0.3) is 0 Å². The second-order valence-electron chi connectivity index (χ2n) is 6.97. The van der Waals surface area contributed by atoms with Gasteiger partial charge in [-0.25, -0.2) is 4.79 Å². The highest BCUT2D eigenvalue weighted by molar-refractivity contribution is 5.68. The van der Waals surface area contributed by atoms with Gasteiger partial charge in [-0.05, 0) is 46.1 Å². The van der Waals surface area contributed by atoms with E-state index in [0.29, 0.717) is 19.7 Å². The summed E-state index contributed by atoms with van der Waals surface area (Å²) in [5.74, 6) is 1.04. The van der Waals surface area contributed by atoms with Crippen molar-refractivity contribution in [2.24, 2.45) is 11.7 Å². The molecule has 1 aromatic rings. The van der Waals surface area contributed by atoms with Crippen LogP contribution in [0.2, 0.25) is 0 Å². The van der Waals surface area contributed by atoms with Crippen LogP contribution in [-0.4, -0.2) is 36.3 Å². The maximum absolute atomic E-state index is 12.2. The topological polar surface area (TPSA) is 64.8 Å². The van der Waals surface area contributed by atoms with E-state index in [1.165, 1.54) is 0 Å². The molecule has 0 aromatic heterocycles. The minimum Gasteiger partial charge on any atom is -0.494 e. The highest BCUT2D eigenvalue weighted by Crippen LogP contribution is 2.33. The largest absolute Gasteiger partial charge is 0.494 e. The Morgan fingerprint density at radius 2 is 2.09 bits per heavy atom. The third-order valence-corrected chi connectivity index (χ3v) is 3.96. The summed E-state index contributed by atoms with van der Waals surface area (Å²) in [6.45, 7) is 9.51. The molecular formula is C18H28N2O3. The number of nitrogens with two attached hydrogens (primary N) is 1. The normalized spacial score (nSPS) is 19.5. The molecule has 2 unspecified atom stereocenters. The number of likely N-dealkylation sites (tertiary alicyclic amines) is 1. The third kappa shape index (κ3) is 4.61. The molecule has 0 saturated carbocycles. The number of ether oxygens (including phenoxy) is 2. The fourth-order valence-electron chi connectivity index (χ4n) is 2.87. The Morgan fingerprint density at radius 1 is 1.39 bits per heavy atom. The summed E-state index contributed by atoms with van der Waals surface area (Å²) in [6, 6.07) is 7.72. The summed E-state index contributed by atoms with van der Waals surface area (Å²) < 4.78 is 11.1. The van der Waals surface area contributed by atoms with Gasteiger partial charge in [-0.3, -0.25) is 0 Å². The molecule has 0 spiro atoms. The summed E-state index contributed by atoms with van der Waals surface area (Å²) in [4.78, 5) is 13.9. The molecule has 1 saturated heterocycles. The lowest BCUT2D eigenvalue weighted by atomic mass is 9.92. The van der Waals surface area contributed by atoms with Gasteiger partial charge in [-0.2, -0.15) is 0 Å². The van der Waals surface area contributed by atoms with Gasteiger partial charge in [0.1, 0.15) is 11.4 Å². The average Bonchev–Trinajstić information content (AvgIpc) is 2.96. The van der Waals surface area contributed by atoms with E-state index in [1.54, 1.807) is 4.90 Å². The van der Waals surface area contributed by atoms with Crippen LogP contribution in [0.5, 0.6) is 5.75 Å². The van der Waals surface area contributed by atoms with Crippen molar-refractivity contribution >= 4 is 6.09 Å².